The molecule has 3 aromatic heterocycles. The van der Waals surface area contributed by atoms with Gasteiger partial charge >= 0.3 is 0 Å². The molecule has 24 heavy (non-hydrogen) atoms. The van der Waals surface area contributed by atoms with E-state index in [9.17, 15) is 0 Å². The number of rotatable bonds is 5. The summed E-state index contributed by atoms with van der Waals surface area (Å²) in [5, 5.41) is 7.64. The zero-order valence-electron chi connectivity index (χ0n) is 13.8. The smallest absolute Gasteiger partial charge is 0.254 e. The molecule has 0 saturated carbocycles. The second-order valence-electron chi connectivity index (χ2n) is 5.69. The molecule has 122 valence electrons. The molecule has 1 N–H and O–H groups in total. The first-order valence-electron chi connectivity index (χ1n) is 8.11. The molecule has 0 saturated heterocycles. The van der Waals surface area contributed by atoms with E-state index in [1.54, 1.807) is 4.52 Å². The monoisotopic (exact) mass is 321 g/mol. The summed E-state index contributed by atoms with van der Waals surface area (Å²) in [6, 6.07) is 10.2. The van der Waals surface area contributed by atoms with E-state index < -0.39 is 0 Å². The van der Waals surface area contributed by atoms with Crippen LogP contribution in [0.4, 0.5) is 5.82 Å². The van der Waals surface area contributed by atoms with Gasteiger partial charge in [-0.1, -0.05) is 12.1 Å². The van der Waals surface area contributed by atoms with Crippen LogP contribution in [-0.4, -0.2) is 35.7 Å². The molecule has 0 bridgehead atoms. The Hall–Kier alpha value is -2.96. The number of benzene rings is 1. The Balaban J connectivity index is 1.56. The van der Waals surface area contributed by atoms with Crippen molar-refractivity contribution >= 4 is 22.6 Å². The number of imidazole rings is 1. The molecule has 3 heterocycles. The predicted octanol–water partition coefficient (Wildman–Crippen LogP) is 2.46. The average Bonchev–Trinajstić information content (AvgIpc) is 3.18. The largest absolute Gasteiger partial charge is 0.369 e. The Morgan fingerprint density at radius 2 is 2.04 bits per heavy atom. The molecule has 4 rings (SSSR count). The van der Waals surface area contributed by atoms with Crippen molar-refractivity contribution in [3.63, 3.8) is 0 Å². The highest BCUT2D eigenvalue weighted by atomic mass is 15.3. The molecule has 0 spiro atoms. The Morgan fingerprint density at radius 3 is 2.92 bits per heavy atom. The minimum Gasteiger partial charge on any atom is -0.369 e. The van der Waals surface area contributed by atoms with Gasteiger partial charge in [0.25, 0.3) is 5.78 Å². The fraction of sp³-hybridized carbons (Fsp3) is 0.294. The van der Waals surface area contributed by atoms with E-state index in [-0.39, 0.29) is 0 Å². The van der Waals surface area contributed by atoms with Crippen molar-refractivity contribution in [2.75, 3.05) is 11.9 Å². The van der Waals surface area contributed by atoms with Gasteiger partial charge in [0, 0.05) is 31.3 Å². The van der Waals surface area contributed by atoms with Crippen LogP contribution in [0, 0.1) is 6.92 Å². The van der Waals surface area contributed by atoms with Crippen LogP contribution in [0.5, 0.6) is 0 Å². The van der Waals surface area contributed by atoms with Crippen LogP contribution >= 0.6 is 0 Å². The molecule has 0 unspecified atom stereocenters. The van der Waals surface area contributed by atoms with E-state index in [0.29, 0.717) is 5.78 Å². The lowest BCUT2D eigenvalue weighted by molar-refractivity contribution is 0.716. The minimum atomic E-state index is 0.610. The van der Waals surface area contributed by atoms with Gasteiger partial charge in [0.1, 0.15) is 18.0 Å². The van der Waals surface area contributed by atoms with E-state index in [1.165, 1.54) is 11.8 Å². The van der Waals surface area contributed by atoms with Gasteiger partial charge in [0.15, 0.2) is 0 Å². The maximum atomic E-state index is 4.76. The molecule has 0 atom stereocenters. The molecule has 0 fully saturated rings. The van der Waals surface area contributed by atoms with Gasteiger partial charge in [0.2, 0.25) is 0 Å². The van der Waals surface area contributed by atoms with Crippen molar-refractivity contribution in [1.29, 1.82) is 0 Å². The Labute approximate surface area is 139 Å². The van der Waals surface area contributed by atoms with Gasteiger partial charge in [-0.3, -0.25) is 0 Å². The molecule has 0 aliphatic carbocycles. The third-order valence-electron chi connectivity index (χ3n) is 4.08. The summed E-state index contributed by atoms with van der Waals surface area (Å²) < 4.78 is 3.98. The van der Waals surface area contributed by atoms with Crippen LogP contribution in [0.3, 0.4) is 0 Å². The summed E-state index contributed by atoms with van der Waals surface area (Å²) in [5.74, 6) is 2.60. The summed E-state index contributed by atoms with van der Waals surface area (Å²) >= 11 is 0. The third kappa shape index (κ3) is 2.47. The van der Waals surface area contributed by atoms with E-state index in [2.05, 4.69) is 50.1 Å². The van der Waals surface area contributed by atoms with Crippen molar-refractivity contribution in [3.05, 3.63) is 48.2 Å². The summed E-state index contributed by atoms with van der Waals surface area (Å²) in [6.45, 7) is 5.78. The van der Waals surface area contributed by atoms with Crippen molar-refractivity contribution in [1.82, 2.24) is 29.1 Å². The summed E-state index contributed by atoms with van der Waals surface area (Å²) in [4.78, 5) is 13.3. The first-order chi connectivity index (χ1) is 11.8. The Morgan fingerprint density at radius 1 is 1.17 bits per heavy atom. The number of nitrogens with zero attached hydrogens (tertiary/aromatic N) is 6. The Bertz CT molecular complexity index is 999. The number of hydrogen-bond acceptors (Lipinski definition) is 5. The lowest BCUT2D eigenvalue weighted by Gasteiger charge is -2.09. The zero-order valence-corrected chi connectivity index (χ0v) is 13.8. The molecule has 0 aliphatic rings. The molecule has 4 aromatic rings. The molecular formula is C17H19N7. The topological polar surface area (TPSA) is 72.9 Å². The van der Waals surface area contributed by atoms with E-state index >= 15 is 0 Å². The molecule has 7 heteroatoms. The van der Waals surface area contributed by atoms with Crippen LogP contribution in [0.2, 0.25) is 0 Å². The van der Waals surface area contributed by atoms with Gasteiger partial charge in [-0.25, -0.2) is 9.97 Å². The van der Waals surface area contributed by atoms with Gasteiger partial charge in [-0.2, -0.15) is 14.6 Å². The average molecular weight is 321 g/mol. The zero-order chi connectivity index (χ0) is 16.5. The second kappa shape index (κ2) is 5.92. The van der Waals surface area contributed by atoms with Crippen molar-refractivity contribution < 1.29 is 0 Å². The molecule has 7 nitrogen and oxygen atoms in total. The quantitative estimate of drug-likeness (QED) is 0.611. The van der Waals surface area contributed by atoms with Crippen molar-refractivity contribution in [2.24, 2.45) is 0 Å². The molecular weight excluding hydrogens is 302 g/mol. The lowest BCUT2D eigenvalue weighted by Crippen LogP contribution is -2.13. The number of para-hydroxylation sites is 2. The SMILES string of the molecule is CCn1c(CCNc2cc(C)nc3ncnn23)nc2ccccc21. The van der Waals surface area contributed by atoms with Crippen LogP contribution in [0.25, 0.3) is 16.8 Å². The van der Waals surface area contributed by atoms with Crippen molar-refractivity contribution in [3.8, 4) is 0 Å². The standard InChI is InChI=1S/C17H19N7/c1-3-23-14-7-5-4-6-13(14)22-15(23)8-9-18-16-10-12(2)21-17-19-11-20-24(16)17/h4-7,10-11,18H,3,8-9H2,1-2H3. The van der Waals surface area contributed by atoms with Crippen LogP contribution in [0.1, 0.15) is 18.4 Å². The van der Waals surface area contributed by atoms with Crippen LogP contribution in [0.15, 0.2) is 36.7 Å². The maximum absolute atomic E-state index is 4.76. The summed E-state index contributed by atoms with van der Waals surface area (Å²) in [5.41, 5.74) is 3.15. The van der Waals surface area contributed by atoms with Gasteiger partial charge in [0.05, 0.1) is 11.0 Å². The van der Waals surface area contributed by atoms with E-state index in [4.69, 9.17) is 4.98 Å². The normalized spacial score (nSPS) is 11.4. The number of hydrogen-bond donors (Lipinski definition) is 1. The molecule has 1 aromatic carbocycles. The fourth-order valence-electron chi connectivity index (χ4n) is 3.03. The van der Waals surface area contributed by atoms with Crippen LogP contribution < -0.4 is 5.32 Å². The van der Waals surface area contributed by atoms with E-state index in [1.807, 2.05) is 19.1 Å². The number of anilines is 1. The molecule has 0 amide bonds. The molecule has 0 aliphatic heterocycles. The number of nitrogens with one attached hydrogen (secondary N) is 1. The highest BCUT2D eigenvalue weighted by molar-refractivity contribution is 5.75. The number of aromatic nitrogens is 6. The molecule has 0 radical (unpaired) electrons. The first-order valence-corrected chi connectivity index (χ1v) is 8.11. The van der Waals surface area contributed by atoms with Gasteiger partial charge < -0.3 is 9.88 Å². The van der Waals surface area contributed by atoms with Gasteiger partial charge in [-0.05, 0) is 26.0 Å². The second-order valence-corrected chi connectivity index (χ2v) is 5.69. The number of aryl methyl sites for hydroxylation is 2. The Kier molecular flexibility index (Phi) is 3.60. The summed E-state index contributed by atoms with van der Waals surface area (Å²) in [6.07, 6.45) is 2.35. The third-order valence-corrected chi connectivity index (χ3v) is 4.08. The van der Waals surface area contributed by atoms with E-state index in [0.717, 1.165) is 42.4 Å². The van der Waals surface area contributed by atoms with Crippen molar-refractivity contribution in [2.45, 2.75) is 26.8 Å². The summed E-state index contributed by atoms with van der Waals surface area (Å²) in [7, 11) is 0. The number of fused-ring (bicyclic) bond motifs is 2. The fourth-order valence-corrected chi connectivity index (χ4v) is 3.03. The lowest BCUT2D eigenvalue weighted by atomic mass is 10.3. The van der Waals surface area contributed by atoms with Gasteiger partial charge in [-0.15, -0.1) is 0 Å². The van der Waals surface area contributed by atoms with Crippen LogP contribution in [-0.2, 0) is 13.0 Å². The minimum absolute atomic E-state index is 0.610. The maximum Gasteiger partial charge on any atom is 0.254 e. The highest BCUT2D eigenvalue weighted by Gasteiger charge is 2.10. The first kappa shape index (κ1) is 14.6. The highest BCUT2D eigenvalue weighted by Crippen LogP contribution is 2.16. The predicted molar refractivity (Wildman–Crippen MR) is 93.1 cm³/mol.